The van der Waals surface area contributed by atoms with Crippen LogP contribution in [0.4, 0.5) is 0 Å². The topological polar surface area (TPSA) is 45.4 Å². The number of hydrogen-bond acceptors (Lipinski definition) is 3. The molecule has 0 aliphatic rings. The van der Waals surface area contributed by atoms with Gasteiger partial charge in [0.15, 0.2) is 0 Å². The van der Waals surface area contributed by atoms with Crippen molar-refractivity contribution >= 4 is 0 Å². The molecule has 0 spiro atoms. The maximum atomic E-state index is 10.3. The molecule has 2 rings (SSSR count). The summed E-state index contributed by atoms with van der Waals surface area (Å²) in [4.78, 5) is 0. The summed E-state index contributed by atoms with van der Waals surface area (Å²) in [6.45, 7) is 7.12. The molecule has 0 saturated carbocycles. The summed E-state index contributed by atoms with van der Waals surface area (Å²) >= 11 is 0. The Morgan fingerprint density at radius 1 is 1.21 bits per heavy atom. The van der Waals surface area contributed by atoms with E-state index in [1.54, 1.807) is 25.3 Å². The second-order valence-corrected chi connectivity index (χ2v) is 5.35. The van der Waals surface area contributed by atoms with Crippen LogP contribution >= 0.6 is 0 Å². The Hall–Kier alpha value is -1.58. The van der Waals surface area contributed by atoms with Gasteiger partial charge >= 0.3 is 0 Å². The lowest BCUT2D eigenvalue weighted by molar-refractivity contribution is 0.0340. The van der Waals surface area contributed by atoms with E-state index in [9.17, 15) is 5.11 Å². The van der Waals surface area contributed by atoms with Crippen LogP contribution in [-0.4, -0.2) is 11.7 Å². The van der Waals surface area contributed by atoms with Crippen molar-refractivity contribution in [1.29, 1.82) is 0 Å². The van der Waals surface area contributed by atoms with Gasteiger partial charge in [0.05, 0.1) is 6.26 Å². The molecule has 0 aliphatic heterocycles. The minimum absolute atomic E-state index is 0.452. The zero-order chi connectivity index (χ0) is 13.9. The quantitative estimate of drug-likeness (QED) is 0.868. The summed E-state index contributed by atoms with van der Waals surface area (Å²) in [5, 5.41) is 13.6. The Labute approximate surface area is 114 Å². The number of furan rings is 1. The number of nitrogens with one attached hydrogen (secondary N) is 1. The number of hydrogen-bond donors (Lipinski definition) is 2. The fourth-order valence-electron chi connectivity index (χ4n) is 2.29. The van der Waals surface area contributed by atoms with Gasteiger partial charge in [0.2, 0.25) is 0 Å². The monoisotopic (exact) mass is 259 g/mol. The highest BCUT2D eigenvalue weighted by Gasteiger charge is 2.25. The number of aliphatic hydroxyl groups is 1. The van der Waals surface area contributed by atoms with E-state index in [4.69, 9.17) is 4.42 Å². The maximum absolute atomic E-state index is 10.3. The summed E-state index contributed by atoms with van der Waals surface area (Å²) < 4.78 is 5.25. The van der Waals surface area contributed by atoms with Crippen molar-refractivity contribution in [1.82, 2.24) is 5.32 Å². The highest BCUT2D eigenvalue weighted by Crippen LogP contribution is 2.20. The summed E-state index contributed by atoms with van der Waals surface area (Å²) in [6.07, 6.45) is 1.58. The van der Waals surface area contributed by atoms with Crippen molar-refractivity contribution in [2.24, 2.45) is 0 Å². The maximum Gasteiger partial charge on any atom is 0.136 e. The average molecular weight is 259 g/mol. The first-order valence-electron chi connectivity index (χ1n) is 6.52. The van der Waals surface area contributed by atoms with Crippen LogP contribution in [0, 0.1) is 13.8 Å². The molecule has 0 fully saturated rings. The highest BCUT2D eigenvalue weighted by molar-refractivity contribution is 5.28. The normalized spacial score (nSPS) is 14.3. The minimum atomic E-state index is -0.984. The molecule has 0 aliphatic carbocycles. The van der Waals surface area contributed by atoms with E-state index in [0.29, 0.717) is 12.3 Å². The Kier molecular flexibility index (Phi) is 4.08. The lowest BCUT2D eigenvalue weighted by Crippen LogP contribution is -2.34. The van der Waals surface area contributed by atoms with E-state index in [2.05, 4.69) is 37.4 Å². The zero-order valence-corrected chi connectivity index (χ0v) is 11.7. The SMILES string of the molecule is Cc1cc(C)cc(CNCC(C)(O)c2ccco2)c1. The van der Waals surface area contributed by atoms with Crippen LogP contribution in [0.3, 0.4) is 0 Å². The molecular formula is C16H21NO2. The van der Waals surface area contributed by atoms with Crippen molar-refractivity contribution in [3.05, 3.63) is 59.0 Å². The standard InChI is InChI=1S/C16H21NO2/c1-12-7-13(2)9-14(8-12)10-17-11-16(3,18)15-5-4-6-19-15/h4-9,17-18H,10-11H2,1-3H3. The summed E-state index contributed by atoms with van der Waals surface area (Å²) in [7, 11) is 0. The van der Waals surface area contributed by atoms with Gasteiger partial charge in [0, 0.05) is 13.1 Å². The summed E-state index contributed by atoms with van der Waals surface area (Å²) in [5.41, 5.74) is 2.76. The molecule has 2 N–H and O–H groups in total. The largest absolute Gasteiger partial charge is 0.466 e. The minimum Gasteiger partial charge on any atom is -0.466 e. The van der Waals surface area contributed by atoms with Crippen LogP contribution in [-0.2, 0) is 12.1 Å². The van der Waals surface area contributed by atoms with Crippen LogP contribution in [0.5, 0.6) is 0 Å². The second kappa shape index (κ2) is 5.59. The predicted octanol–water partition coefficient (Wildman–Crippen LogP) is 2.89. The molecule has 19 heavy (non-hydrogen) atoms. The first kappa shape index (κ1) is 13.8. The molecule has 1 aromatic carbocycles. The summed E-state index contributed by atoms with van der Waals surface area (Å²) in [5.74, 6) is 0.584. The van der Waals surface area contributed by atoms with Gasteiger partial charge < -0.3 is 14.8 Å². The third-order valence-corrected chi connectivity index (χ3v) is 3.13. The lowest BCUT2D eigenvalue weighted by Gasteiger charge is -2.21. The third kappa shape index (κ3) is 3.69. The van der Waals surface area contributed by atoms with Crippen LogP contribution in [0.25, 0.3) is 0 Å². The van der Waals surface area contributed by atoms with Crippen molar-refractivity contribution in [3.63, 3.8) is 0 Å². The van der Waals surface area contributed by atoms with E-state index in [-0.39, 0.29) is 0 Å². The number of benzene rings is 1. The first-order chi connectivity index (χ1) is 8.97. The van der Waals surface area contributed by atoms with Crippen LogP contribution in [0.2, 0.25) is 0 Å². The zero-order valence-electron chi connectivity index (χ0n) is 11.7. The Morgan fingerprint density at radius 2 is 1.89 bits per heavy atom. The van der Waals surface area contributed by atoms with Gasteiger partial charge in [-0.3, -0.25) is 0 Å². The van der Waals surface area contributed by atoms with E-state index in [1.165, 1.54) is 16.7 Å². The van der Waals surface area contributed by atoms with Crippen molar-refractivity contribution in [2.75, 3.05) is 6.54 Å². The molecule has 0 saturated heterocycles. The molecule has 2 aromatic rings. The van der Waals surface area contributed by atoms with Gasteiger partial charge in [0.25, 0.3) is 0 Å². The fraction of sp³-hybridized carbons (Fsp3) is 0.375. The molecule has 1 atom stereocenters. The molecule has 1 unspecified atom stereocenters. The van der Waals surface area contributed by atoms with Gasteiger partial charge in [-0.05, 0) is 38.5 Å². The van der Waals surface area contributed by atoms with E-state index in [1.807, 2.05) is 0 Å². The summed E-state index contributed by atoms with van der Waals surface area (Å²) in [6, 6.07) is 10.0. The Bertz CT molecular complexity index is 509. The fourth-order valence-corrected chi connectivity index (χ4v) is 2.29. The highest BCUT2D eigenvalue weighted by atomic mass is 16.4. The molecule has 3 nitrogen and oxygen atoms in total. The lowest BCUT2D eigenvalue weighted by atomic mass is 10.0. The van der Waals surface area contributed by atoms with Gasteiger partial charge in [0.1, 0.15) is 11.4 Å². The van der Waals surface area contributed by atoms with Crippen molar-refractivity contribution in [2.45, 2.75) is 32.9 Å². The third-order valence-electron chi connectivity index (χ3n) is 3.13. The Balaban J connectivity index is 1.93. The van der Waals surface area contributed by atoms with Gasteiger partial charge in [-0.25, -0.2) is 0 Å². The van der Waals surface area contributed by atoms with Gasteiger partial charge in [-0.15, -0.1) is 0 Å². The van der Waals surface area contributed by atoms with Crippen LogP contribution in [0.15, 0.2) is 41.0 Å². The molecule has 1 aromatic heterocycles. The molecule has 3 heteroatoms. The molecule has 1 heterocycles. The molecule has 0 radical (unpaired) electrons. The van der Waals surface area contributed by atoms with Gasteiger partial charge in [-0.2, -0.15) is 0 Å². The molecule has 0 bridgehead atoms. The van der Waals surface area contributed by atoms with Gasteiger partial charge in [-0.1, -0.05) is 29.3 Å². The van der Waals surface area contributed by atoms with E-state index in [0.717, 1.165) is 6.54 Å². The van der Waals surface area contributed by atoms with Crippen LogP contribution in [0.1, 0.15) is 29.4 Å². The Morgan fingerprint density at radius 3 is 2.47 bits per heavy atom. The number of rotatable bonds is 5. The number of aryl methyl sites for hydroxylation is 2. The second-order valence-electron chi connectivity index (χ2n) is 5.35. The van der Waals surface area contributed by atoms with E-state index < -0.39 is 5.60 Å². The van der Waals surface area contributed by atoms with Crippen molar-refractivity contribution < 1.29 is 9.52 Å². The molecular weight excluding hydrogens is 238 g/mol. The van der Waals surface area contributed by atoms with Crippen LogP contribution < -0.4 is 5.32 Å². The smallest absolute Gasteiger partial charge is 0.136 e. The molecule has 0 amide bonds. The van der Waals surface area contributed by atoms with Crippen molar-refractivity contribution in [3.8, 4) is 0 Å². The average Bonchev–Trinajstić information content (AvgIpc) is 2.81. The molecule has 102 valence electrons. The predicted molar refractivity (Wildman–Crippen MR) is 75.9 cm³/mol. The van der Waals surface area contributed by atoms with E-state index >= 15 is 0 Å². The first-order valence-corrected chi connectivity index (χ1v) is 6.52.